The van der Waals surface area contributed by atoms with Gasteiger partial charge in [0.15, 0.2) is 0 Å². The average molecular weight is 234 g/mol. The van der Waals surface area contributed by atoms with Gasteiger partial charge in [-0.2, -0.15) is 0 Å². The van der Waals surface area contributed by atoms with Crippen molar-refractivity contribution in [1.82, 2.24) is 4.90 Å². The minimum absolute atomic E-state index is 0.199. The van der Waals surface area contributed by atoms with Crippen LogP contribution < -0.4 is 10.5 Å². The number of nitrogens with zero attached hydrogens (tertiary/aromatic N) is 1. The second-order valence-electron chi connectivity index (χ2n) is 5.73. The van der Waals surface area contributed by atoms with E-state index >= 15 is 0 Å². The molecule has 1 heterocycles. The molecule has 0 amide bonds. The lowest BCUT2D eigenvalue weighted by atomic mass is 9.95. The van der Waals surface area contributed by atoms with Gasteiger partial charge < -0.3 is 10.5 Å². The maximum absolute atomic E-state index is 6.07. The second-order valence-corrected chi connectivity index (χ2v) is 5.73. The zero-order valence-corrected chi connectivity index (χ0v) is 10.9. The summed E-state index contributed by atoms with van der Waals surface area (Å²) in [5, 5.41) is 0. The molecule has 0 aliphatic carbocycles. The molecule has 0 saturated carbocycles. The lowest BCUT2D eigenvalue weighted by molar-refractivity contribution is 0.0380. The number of ether oxygens (including phenoxy) is 1. The highest BCUT2D eigenvalue weighted by Gasteiger charge is 2.26. The van der Waals surface area contributed by atoms with Gasteiger partial charge in [-0.15, -0.1) is 0 Å². The maximum Gasteiger partial charge on any atom is 0.124 e. The van der Waals surface area contributed by atoms with Crippen molar-refractivity contribution in [3.05, 3.63) is 29.8 Å². The number of likely N-dealkylation sites (N-methyl/N-ethyl adjacent to an activating group) is 1. The molecular formula is C14H22N2O. The van der Waals surface area contributed by atoms with Gasteiger partial charge in [-0.05, 0) is 38.9 Å². The summed E-state index contributed by atoms with van der Waals surface area (Å²) in [7, 11) is 2.11. The Hall–Kier alpha value is -1.06. The van der Waals surface area contributed by atoms with Crippen molar-refractivity contribution >= 4 is 0 Å². The third-order valence-electron chi connectivity index (χ3n) is 2.94. The average Bonchev–Trinajstić information content (AvgIpc) is 2.16. The van der Waals surface area contributed by atoms with Crippen molar-refractivity contribution in [3.8, 4) is 5.75 Å². The van der Waals surface area contributed by atoms with E-state index in [4.69, 9.17) is 10.5 Å². The summed E-state index contributed by atoms with van der Waals surface area (Å²) in [6.07, 6.45) is 1.17. The zero-order valence-electron chi connectivity index (χ0n) is 10.9. The predicted molar refractivity (Wildman–Crippen MR) is 70.3 cm³/mol. The van der Waals surface area contributed by atoms with E-state index in [-0.39, 0.29) is 5.54 Å². The molecule has 1 aliphatic heterocycles. The van der Waals surface area contributed by atoms with Crippen molar-refractivity contribution in [2.24, 2.45) is 5.73 Å². The lowest BCUT2D eigenvalue weighted by Crippen LogP contribution is -2.51. The number of para-hydroxylation sites is 1. The van der Waals surface area contributed by atoms with E-state index < -0.39 is 0 Å². The van der Waals surface area contributed by atoms with Crippen LogP contribution in [-0.2, 0) is 6.42 Å². The summed E-state index contributed by atoms with van der Waals surface area (Å²) in [6.45, 7) is 6.11. The molecule has 1 aromatic rings. The standard InChI is InChI=1S/C14H22N2O/c1-14(2,15)8-11-6-4-5-7-13(11)17-12-9-16(3)10-12/h4-7,12H,8-10,15H2,1-3H3. The highest BCUT2D eigenvalue weighted by Crippen LogP contribution is 2.24. The number of benzene rings is 1. The molecule has 94 valence electrons. The Kier molecular flexibility index (Phi) is 3.40. The van der Waals surface area contributed by atoms with E-state index in [0.717, 1.165) is 25.3 Å². The molecule has 1 aromatic carbocycles. The van der Waals surface area contributed by atoms with Crippen LogP contribution in [0.1, 0.15) is 19.4 Å². The number of rotatable bonds is 4. The van der Waals surface area contributed by atoms with Crippen molar-refractivity contribution < 1.29 is 4.74 Å². The van der Waals surface area contributed by atoms with E-state index in [1.165, 1.54) is 5.56 Å². The molecule has 0 aromatic heterocycles. The van der Waals surface area contributed by atoms with E-state index in [1.807, 2.05) is 32.0 Å². The van der Waals surface area contributed by atoms with Crippen LogP contribution in [0.3, 0.4) is 0 Å². The normalized spacial score (nSPS) is 17.9. The lowest BCUT2D eigenvalue weighted by Gasteiger charge is -2.36. The van der Waals surface area contributed by atoms with Crippen LogP contribution in [0.2, 0.25) is 0 Å². The highest BCUT2D eigenvalue weighted by molar-refractivity contribution is 5.35. The van der Waals surface area contributed by atoms with Crippen LogP contribution in [0, 0.1) is 0 Å². The van der Waals surface area contributed by atoms with E-state index in [9.17, 15) is 0 Å². The fraction of sp³-hybridized carbons (Fsp3) is 0.571. The van der Waals surface area contributed by atoms with Crippen LogP contribution >= 0.6 is 0 Å². The van der Waals surface area contributed by atoms with Gasteiger partial charge in [0.05, 0.1) is 0 Å². The van der Waals surface area contributed by atoms with Crippen LogP contribution in [-0.4, -0.2) is 36.7 Å². The van der Waals surface area contributed by atoms with Crippen molar-refractivity contribution in [2.75, 3.05) is 20.1 Å². The first-order chi connectivity index (χ1) is 7.94. The minimum atomic E-state index is -0.199. The highest BCUT2D eigenvalue weighted by atomic mass is 16.5. The van der Waals surface area contributed by atoms with E-state index in [0.29, 0.717) is 6.10 Å². The Balaban J connectivity index is 2.05. The third-order valence-corrected chi connectivity index (χ3v) is 2.94. The van der Waals surface area contributed by atoms with Crippen LogP contribution in [0.25, 0.3) is 0 Å². The number of hydrogen-bond donors (Lipinski definition) is 1. The number of likely N-dealkylation sites (tertiary alicyclic amines) is 1. The van der Waals surface area contributed by atoms with Gasteiger partial charge >= 0.3 is 0 Å². The molecule has 1 saturated heterocycles. The summed E-state index contributed by atoms with van der Waals surface area (Å²) in [5.74, 6) is 0.990. The first kappa shape index (κ1) is 12.4. The molecule has 3 heteroatoms. The smallest absolute Gasteiger partial charge is 0.124 e. The van der Waals surface area contributed by atoms with Crippen molar-refractivity contribution in [3.63, 3.8) is 0 Å². The summed E-state index contributed by atoms with van der Waals surface area (Å²) >= 11 is 0. The van der Waals surface area contributed by atoms with E-state index in [1.54, 1.807) is 0 Å². The molecule has 0 radical (unpaired) electrons. The van der Waals surface area contributed by atoms with Crippen LogP contribution in [0.5, 0.6) is 5.75 Å². The fourth-order valence-corrected chi connectivity index (χ4v) is 2.15. The molecule has 1 fully saturated rings. The maximum atomic E-state index is 6.07. The van der Waals surface area contributed by atoms with Crippen molar-refractivity contribution in [2.45, 2.75) is 31.9 Å². The molecule has 0 unspecified atom stereocenters. The quantitative estimate of drug-likeness (QED) is 0.861. The summed E-state index contributed by atoms with van der Waals surface area (Å²) in [4.78, 5) is 2.25. The summed E-state index contributed by atoms with van der Waals surface area (Å²) < 4.78 is 6.00. The van der Waals surface area contributed by atoms with E-state index in [2.05, 4.69) is 18.0 Å². The van der Waals surface area contributed by atoms with Gasteiger partial charge in [-0.3, -0.25) is 4.90 Å². The molecule has 1 aliphatic rings. The Morgan fingerprint density at radius 2 is 2.00 bits per heavy atom. The molecule has 0 spiro atoms. The monoisotopic (exact) mass is 234 g/mol. The largest absolute Gasteiger partial charge is 0.487 e. The molecule has 0 bridgehead atoms. The minimum Gasteiger partial charge on any atom is -0.487 e. The van der Waals surface area contributed by atoms with Gasteiger partial charge in [-0.1, -0.05) is 18.2 Å². The van der Waals surface area contributed by atoms with Gasteiger partial charge in [0.2, 0.25) is 0 Å². The van der Waals surface area contributed by atoms with Crippen LogP contribution in [0.15, 0.2) is 24.3 Å². The summed E-state index contributed by atoms with van der Waals surface area (Å²) in [6, 6.07) is 8.21. The first-order valence-corrected chi connectivity index (χ1v) is 6.16. The summed E-state index contributed by atoms with van der Waals surface area (Å²) in [5.41, 5.74) is 7.08. The first-order valence-electron chi connectivity index (χ1n) is 6.16. The SMILES string of the molecule is CN1CC(Oc2ccccc2CC(C)(C)N)C1. The van der Waals surface area contributed by atoms with Gasteiger partial charge in [-0.25, -0.2) is 0 Å². The van der Waals surface area contributed by atoms with Gasteiger partial charge in [0.25, 0.3) is 0 Å². The Bertz CT molecular complexity index is 378. The molecule has 2 rings (SSSR count). The van der Waals surface area contributed by atoms with Crippen LogP contribution in [0.4, 0.5) is 0 Å². The molecule has 0 atom stereocenters. The fourth-order valence-electron chi connectivity index (χ4n) is 2.15. The number of hydrogen-bond acceptors (Lipinski definition) is 3. The zero-order chi connectivity index (χ0) is 12.5. The second kappa shape index (κ2) is 4.67. The number of nitrogens with two attached hydrogens (primary N) is 1. The van der Waals surface area contributed by atoms with Crippen molar-refractivity contribution in [1.29, 1.82) is 0 Å². The Morgan fingerprint density at radius 1 is 1.35 bits per heavy atom. The molecule has 2 N–H and O–H groups in total. The topological polar surface area (TPSA) is 38.5 Å². The van der Waals surface area contributed by atoms with Gasteiger partial charge in [0, 0.05) is 18.6 Å². The predicted octanol–water partition coefficient (Wildman–Crippen LogP) is 1.66. The molecule has 3 nitrogen and oxygen atoms in total. The molecule has 17 heavy (non-hydrogen) atoms. The molecular weight excluding hydrogens is 212 g/mol. The Morgan fingerprint density at radius 3 is 2.59 bits per heavy atom. The third kappa shape index (κ3) is 3.45. The van der Waals surface area contributed by atoms with Gasteiger partial charge in [0.1, 0.15) is 11.9 Å². The Labute approximate surface area is 104 Å².